The summed E-state index contributed by atoms with van der Waals surface area (Å²) < 4.78 is 7.56. The molecule has 1 atom stereocenters. The highest BCUT2D eigenvalue weighted by Crippen LogP contribution is 2.34. The van der Waals surface area contributed by atoms with E-state index >= 15 is 0 Å². The number of hydrogen-bond donors (Lipinski definition) is 0. The molecule has 1 unspecified atom stereocenters. The number of nitro groups is 1. The predicted molar refractivity (Wildman–Crippen MR) is 71.3 cm³/mol. The van der Waals surface area contributed by atoms with Gasteiger partial charge in [-0.25, -0.2) is 0 Å². The number of fused-ring (bicyclic) bond motifs is 1. The van der Waals surface area contributed by atoms with E-state index in [2.05, 4.69) is 21.0 Å². The van der Waals surface area contributed by atoms with Gasteiger partial charge in [0.05, 0.1) is 24.4 Å². The fourth-order valence-electron chi connectivity index (χ4n) is 2.21. The van der Waals surface area contributed by atoms with Crippen LogP contribution in [0, 0.1) is 10.1 Å². The van der Waals surface area contributed by atoms with E-state index in [0.29, 0.717) is 17.6 Å². The molecule has 2 aromatic rings. The van der Waals surface area contributed by atoms with Gasteiger partial charge in [0.25, 0.3) is 0 Å². The van der Waals surface area contributed by atoms with Gasteiger partial charge in [-0.1, -0.05) is 18.2 Å². The molecule has 0 fully saturated rings. The van der Waals surface area contributed by atoms with E-state index in [4.69, 9.17) is 4.74 Å². The van der Waals surface area contributed by atoms with Crippen LogP contribution < -0.4 is 4.74 Å². The molecule has 3 rings (SSSR count). The van der Waals surface area contributed by atoms with Crippen LogP contribution in [0.1, 0.15) is 11.5 Å². The minimum absolute atomic E-state index is 0.160. The van der Waals surface area contributed by atoms with Gasteiger partial charge in [-0.05, 0) is 26.9 Å². The number of nitrogens with zero attached hydrogens (tertiary/aromatic N) is 3. The molecule has 1 aromatic carbocycles. The quantitative estimate of drug-likeness (QED) is 0.643. The zero-order valence-electron chi connectivity index (χ0n) is 9.82. The zero-order chi connectivity index (χ0) is 13.4. The van der Waals surface area contributed by atoms with Crippen molar-refractivity contribution in [1.82, 2.24) is 9.78 Å². The van der Waals surface area contributed by atoms with E-state index in [1.807, 2.05) is 24.3 Å². The minimum Gasteiger partial charge on any atom is -0.493 e. The van der Waals surface area contributed by atoms with Crippen LogP contribution in [0.2, 0.25) is 0 Å². The molecule has 0 N–H and O–H groups in total. The van der Waals surface area contributed by atoms with Crippen LogP contribution in [-0.4, -0.2) is 21.3 Å². The summed E-state index contributed by atoms with van der Waals surface area (Å²) >= 11 is 3.14. The zero-order valence-corrected chi connectivity index (χ0v) is 11.4. The predicted octanol–water partition coefficient (Wildman–Crippen LogP) is 2.73. The average molecular weight is 324 g/mol. The Balaban J connectivity index is 1.84. The van der Waals surface area contributed by atoms with Gasteiger partial charge in [-0.2, -0.15) is 4.68 Å². The van der Waals surface area contributed by atoms with Crippen molar-refractivity contribution in [2.75, 3.05) is 6.61 Å². The number of benzene rings is 1. The fourth-order valence-corrected chi connectivity index (χ4v) is 2.67. The van der Waals surface area contributed by atoms with Crippen molar-refractivity contribution in [2.24, 2.45) is 0 Å². The standard InChI is InChI=1S/C12H10BrN3O3/c13-10-6-15(14-12(10)16(17)18)5-8-7-19-11-4-2-1-3-9(8)11/h1-4,6,8H,5,7H2. The fraction of sp³-hybridized carbons (Fsp3) is 0.250. The normalized spacial score (nSPS) is 17.0. The lowest BCUT2D eigenvalue weighted by molar-refractivity contribution is -0.390. The summed E-state index contributed by atoms with van der Waals surface area (Å²) in [4.78, 5) is 10.2. The highest BCUT2D eigenvalue weighted by Gasteiger charge is 2.27. The first-order chi connectivity index (χ1) is 9.15. The summed E-state index contributed by atoms with van der Waals surface area (Å²) in [7, 11) is 0. The molecule has 1 aromatic heterocycles. The number of halogens is 1. The van der Waals surface area contributed by atoms with Gasteiger partial charge in [0, 0.05) is 11.5 Å². The molecule has 7 heteroatoms. The maximum absolute atomic E-state index is 10.7. The largest absolute Gasteiger partial charge is 0.493 e. The van der Waals surface area contributed by atoms with Gasteiger partial charge in [0.2, 0.25) is 0 Å². The summed E-state index contributed by atoms with van der Waals surface area (Å²) in [6, 6.07) is 7.83. The lowest BCUT2D eigenvalue weighted by Crippen LogP contribution is -2.11. The smallest absolute Gasteiger partial charge is 0.404 e. The molecule has 1 aliphatic rings. The Kier molecular flexibility index (Phi) is 2.98. The van der Waals surface area contributed by atoms with Crippen molar-refractivity contribution in [1.29, 1.82) is 0 Å². The third-order valence-electron chi connectivity index (χ3n) is 3.08. The van der Waals surface area contributed by atoms with E-state index in [0.717, 1.165) is 11.3 Å². The number of rotatable bonds is 3. The second kappa shape index (κ2) is 4.65. The molecule has 0 saturated heterocycles. The lowest BCUT2D eigenvalue weighted by atomic mass is 10.0. The molecule has 0 saturated carbocycles. The van der Waals surface area contributed by atoms with Crippen molar-refractivity contribution in [3.05, 3.63) is 50.6 Å². The van der Waals surface area contributed by atoms with Crippen molar-refractivity contribution < 1.29 is 9.66 Å². The van der Waals surface area contributed by atoms with Crippen LogP contribution in [0.15, 0.2) is 34.9 Å². The third-order valence-corrected chi connectivity index (χ3v) is 3.64. The molecular weight excluding hydrogens is 314 g/mol. The Bertz CT molecular complexity index is 641. The van der Waals surface area contributed by atoms with Crippen LogP contribution in [-0.2, 0) is 6.54 Å². The van der Waals surface area contributed by atoms with Crippen molar-refractivity contribution in [3.63, 3.8) is 0 Å². The Morgan fingerprint density at radius 2 is 2.32 bits per heavy atom. The summed E-state index contributed by atoms with van der Waals surface area (Å²) in [6.45, 7) is 1.13. The molecule has 0 aliphatic carbocycles. The number of aromatic nitrogens is 2. The topological polar surface area (TPSA) is 70.2 Å². The number of ether oxygens (including phenoxy) is 1. The van der Waals surface area contributed by atoms with Gasteiger partial charge in [0.1, 0.15) is 10.2 Å². The molecule has 2 heterocycles. The van der Waals surface area contributed by atoms with Crippen LogP contribution >= 0.6 is 15.9 Å². The molecule has 0 amide bonds. The maximum Gasteiger partial charge on any atom is 0.404 e. The summed E-state index contributed by atoms with van der Waals surface area (Å²) in [6.07, 6.45) is 1.62. The Hall–Kier alpha value is -1.89. The van der Waals surface area contributed by atoms with Crippen LogP contribution in [0.4, 0.5) is 5.82 Å². The van der Waals surface area contributed by atoms with Gasteiger partial charge in [-0.3, -0.25) is 0 Å². The average Bonchev–Trinajstić information content (AvgIpc) is 2.95. The van der Waals surface area contributed by atoms with Crippen molar-refractivity contribution >= 4 is 21.7 Å². The van der Waals surface area contributed by atoms with Gasteiger partial charge < -0.3 is 14.9 Å². The summed E-state index contributed by atoms with van der Waals surface area (Å²) in [5.41, 5.74) is 1.12. The van der Waals surface area contributed by atoms with E-state index < -0.39 is 4.92 Å². The second-order valence-electron chi connectivity index (χ2n) is 4.33. The molecule has 1 aliphatic heterocycles. The van der Waals surface area contributed by atoms with E-state index in [-0.39, 0.29) is 11.7 Å². The highest BCUT2D eigenvalue weighted by molar-refractivity contribution is 9.10. The SMILES string of the molecule is O=[N+]([O-])c1nn(CC2COc3ccccc32)cc1Br. The van der Waals surface area contributed by atoms with E-state index in [9.17, 15) is 10.1 Å². The highest BCUT2D eigenvalue weighted by atomic mass is 79.9. The van der Waals surface area contributed by atoms with Crippen LogP contribution in [0.25, 0.3) is 0 Å². The molecule has 98 valence electrons. The molecule has 0 radical (unpaired) electrons. The minimum atomic E-state index is -0.500. The van der Waals surface area contributed by atoms with Crippen LogP contribution in [0.3, 0.4) is 0 Å². The maximum atomic E-state index is 10.7. The Morgan fingerprint density at radius 3 is 3.05 bits per heavy atom. The molecule has 0 bridgehead atoms. The molecule has 0 spiro atoms. The van der Waals surface area contributed by atoms with Gasteiger partial charge >= 0.3 is 5.82 Å². The first-order valence-electron chi connectivity index (χ1n) is 5.74. The third kappa shape index (κ3) is 2.21. The number of hydrogen-bond acceptors (Lipinski definition) is 4. The van der Waals surface area contributed by atoms with Crippen LogP contribution in [0.5, 0.6) is 5.75 Å². The van der Waals surface area contributed by atoms with E-state index in [1.165, 1.54) is 0 Å². The molecule has 6 nitrogen and oxygen atoms in total. The monoisotopic (exact) mass is 323 g/mol. The molecule has 19 heavy (non-hydrogen) atoms. The second-order valence-corrected chi connectivity index (χ2v) is 5.18. The van der Waals surface area contributed by atoms with Gasteiger partial charge in [0.15, 0.2) is 0 Å². The Morgan fingerprint density at radius 1 is 1.53 bits per heavy atom. The Labute approximate surface area is 117 Å². The van der Waals surface area contributed by atoms with Crippen molar-refractivity contribution in [3.8, 4) is 5.75 Å². The van der Waals surface area contributed by atoms with E-state index in [1.54, 1.807) is 10.9 Å². The van der Waals surface area contributed by atoms with Crippen molar-refractivity contribution in [2.45, 2.75) is 12.5 Å². The summed E-state index contributed by atoms with van der Waals surface area (Å²) in [5, 5.41) is 14.7. The lowest BCUT2D eigenvalue weighted by Gasteiger charge is -2.05. The first kappa shape index (κ1) is 12.2. The number of para-hydroxylation sites is 1. The van der Waals surface area contributed by atoms with Gasteiger partial charge in [-0.15, -0.1) is 0 Å². The first-order valence-corrected chi connectivity index (χ1v) is 6.53. The summed E-state index contributed by atoms with van der Waals surface area (Å²) in [5.74, 6) is 0.892. The molecular formula is C12H10BrN3O3.